The molecule has 1 heterocycles. The standard InChI is InChI=1S/C21H24N2O/c24-21(15-18-10-9-16-5-1-3-7-19(16)18)22-12-14-23-13-11-17-6-2-4-8-20(17)23/h1-8,18H,9-15H2,(H,22,24)/t18-/m0/s1. The number of benzene rings is 2. The van der Waals surface area contributed by atoms with Crippen LogP contribution in [0.1, 0.15) is 35.4 Å². The molecule has 0 saturated heterocycles. The first-order chi connectivity index (χ1) is 11.8. The molecule has 0 fully saturated rings. The van der Waals surface area contributed by atoms with E-state index in [1.165, 1.54) is 22.4 Å². The highest BCUT2D eigenvalue weighted by Crippen LogP contribution is 2.35. The Morgan fingerprint density at radius 3 is 2.75 bits per heavy atom. The second-order valence-electron chi connectivity index (χ2n) is 6.85. The first-order valence-electron chi connectivity index (χ1n) is 8.98. The lowest BCUT2D eigenvalue weighted by atomic mass is 9.97. The largest absolute Gasteiger partial charge is 0.369 e. The molecule has 2 aliphatic rings. The van der Waals surface area contributed by atoms with Crippen molar-refractivity contribution < 1.29 is 4.79 Å². The molecule has 2 aromatic carbocycles. The molecule has 124 valence electrons. The van der Waals surface area contributed by atoms with E-state index in [2.05, 4.69) is 58.7 Å². The summed E-state index contributed by atoms with van der Waals surface area (Å²) in [6, 6.07) is 17.1. The number of anilines is 1. The number of hydrogen-bond acceptors (Lipinski definition) is 2. The van der Waals surface area contributed by atoms with E-state index in [4.69, 9.17) is 0 Å². The van der Waals surface area contributed by atoms with Gasteiger partial charge in [-0.3, -0.25) is 4.79 Å². The number of carbonyl (C=O) groups is 1. The number of amides is 1. The predicted molar refractivity (Wildman–Crippen MR) is 97.5 cm³/mol. The summed E-state index contributed by atoms with van der Waals surface area (Å²) >= 11 is 0. The molecule has 0 aromatic heterocycles. The van der Waals surface area contributed by atoms with Crippen molar-refractivity contribution in [1.29, 1.82) is 0 Å². The number of aryl methyl sites for hydroxylation is 1. The van der Waals surface area contributed by atoms with Gasteiger partial charge in [0.2, 0.25) is 5.91 Å². The zero-order valence-electron chi connectivity index (χ0n) is 14.0. The van der Waals surface area contributed by atoms with E-state index in [1.54, 1.807) is 0 Å². The van der Waals surface area contributed by atoms with E-state index in [0.717, 1.165) is 38.9 Å². The first kappa shape index (κ1) is 15.3. The van der Waals surface area contributed by atoms with Crippen molar-refractivity contribution in [2.75, 3.05) is 24.5 Å². The molecule has 0 saturated carbocycles. The maximum atomic E-state index is 12.3. The number of fused-ring (bicyclic) bond motifs is 2. The SMILES string of the molecule is O=C(C[C@@H]1CCc2ccccc21)NCCN1CCc2ccccc21. The van der Waals surface area contributed by atoms with Crippen LogP contribution in [0.2, 0.25) is 0 Å². The van der Waals surface area contributed by atoms with Crippen LogP contribution in [-0.4, -0.2) is 25.5 Å². The van der Waals surface area contributed by atoms with Gasteiger partial charge in [-0.15, -0.1) is 0 Å². The number of carbonyl (C=O) groups excluding carboxylic acids is 1. The van der Waals surface area contributed by atoms with Gasteiger partial charge in [0.25, 0.3) is 0 Å². The van der Waals surface area contributed by atoms with Crippen molar-refractivity contribution >= 4 is 11.6 Å². The number of hydrogen-bond donors (Lipinski definition) is 1. The fourth-order valence-corrected chi connectivity index (χ4v) is 4.12. The second kappa shape index (κ2) is 6.68. The third-order valence-corrected chi connectivity index (χ3v) is 5.38. The summed E-state index contributed by atoms with van der Waals surface area (Å²) < 4.78 is 0. The smallest absolute Gasteiger partial charge is 0.220 e. The van der Waals surface area contributed by atoms with E-state index in [1.807, 2.05) is 0 Å². The highest BCUT2D eigenvalue weighted by molar-refractivity contribution is 5.77. The van der Waals surface area contributed by atoms with E-state index < -0.39 is 0 Å². The summed E-state index contributed by atoms with van der Waals surface area (Å²) in [5.41, 5.74) is 5.55. The molecule has 3 nitrogen and oxygen atoms in total. The van der Waals surface area contributed by atoms with Crippen molar-refractivity contribution in [3.63, 3.8) is 0 Å². The fourth-order valence-electron chi connectivity index (χ4n) is 4.12. The molecule has 0 unspecified atom stereocenters. The zero-order chi connectivity index (χ0) is 16.4. The average Bonchev–Trinajstić information content (AvgIpc) is 3.20. The van der Waals surface area contributed by atoms with Gasteiger partial charge in [0, 0.05) is 31.7 Å². The minimum Gasteiger partial charge on any atom is -0.369 e. The average molecular weight is 320 g/mol. The molecule has 1 N–H and O–H groups in total. The molecule has 0 spiro atoms. The summed E-state index contributed by atoms with van der Waals surface area (Å²) in [6.45, 7) is 2.68. The van der Waals surface area contributed by atoms with Gasteiger partial charge in [0.05, 0.1) is 0 Å². The van der Waals surface area contributed by atoms with Crippen LogP contribution in [0, 0.1) is 0 Å². The Morgan fingerprint density at radius 2 is 1.83 bits per heavy atom. The van der Waals surface area contributed by atoms with Crippen molar-refractivity contribution in [3.8, 4) is 0 Å². The molecule has 0 radical (unpaired) electrons. The van der Waals surface area contributed by atoms with Gasteiger partial charge in [0.1, 0.15) is 0 Å². The van der Waals surface area contributed by atoms with Gasteiger partial charge in [-0.25, -0.2) is 0 Å². The predicted octanol–water partition coefficient (Wildman–Crippen LogP) is 3.29. The van der Waals surface area contributed by atoms with Gasteiger partial charge in [-0.05, 0) is 47.9 Å². The number of nitrogens with zero attached hydrogens (tertiary/aromatic N) is 1. The monoisotopic (exact) mass is 320 g/mol. The van der Waals surface area contributed by atoms with E-state index in [9.17, 15) is 4.79 Å². The van der Waals surface area contributed by atoms with Crippen LogP contribution in [0.5, 0.6) is 0 Å². The minimum absolute atomic E-state index is 0.184. The summed E-state index contributed by atoms with van der Waals surface area (Å²) in [5.74, 6) is 0.581. The van der Waals surface area contributed by atoms with Gasteiger partial charge in [0.15, 0.2) is 0 Å². The molecular weight excluding hydrogens is 296 g/mol. The number of para-hydroxylation sites is 1. The topological polar surface area (TPSA) is 32.3 Å². The molecule has 3 heteroatoms. The summed E-state index contributed by atoms with van der Waals surface area (Å²) in [6.07, 6.45) is 3.95. The Hall–Kier alpha value is -2.29. The van der Waals surface area contributed by atoms with Gasteiger partial charge < -0.3 is 10.2 Å². The van der Waals surface area contributed by atoms with Crippen LogP contribution < -0.4 is 10.2 Å². The Labute approximate surface area is 143 Å². The van der Waals surface area contributed by atoms with E-state index in [0.29, 0.717) is 12.3 Å². The molecule has 1 aliphatic heterocycles. The van der Waals surface area contributed by atoms with Gasteiger partial charge in [-0.2, -0.15) is 0 Å². The van der Waals surface area contributed by atoms with E-state index in [-0.39, 0.29) is 5.91 Å². The molecule has 4 rings (SSSR count). The fraction of sp³-hybridized carbons (Fsp3) is 0.381. The lowest BCUT2D eigenvalue weighted by Gasteiger charge is -2.20. The molecular formula is C21H24N2O. The summed E-state index contributed by atoms with van der Waals surface area (Å²) in [5, 5.41) is 3.12. The van der Waals surface area contributed by atoms with Crippen LogP contribution in [0.3, 0.4) is 0 Å². The van der Waals surface area contributed by atoms with Gasteiger partial charge in [-0.1, -0.05) is 42.5 Å². The minimum atomic E-state index is 0.184. The second-order valence-corrected chi connectivity index (χ2v) is 6.85. The number of rotatable bonds is 5. The molecule has 24 heavy (non-hydrogen) atoms. The van der Waals surface area contributed by atoms with Crippen LogP contribution >= 0.6 is 0 Å². The van der Waals surface area contributed by atoms with Gasteiger partial charge >= 0.3 is 0 Å². The normalized spacial score (nSPS) is 18.3. The van der Waals surface area contributed by atoms with Crippen molar-refractivity contribution in [2.45, 2.75) is 31.6 Å². The molecule has 2 aromatic rings. The van der Waals surface area contributed by atoms with Crippen LogP contribution in [0.25, 0.3) is 0 Å². The van der Waals surface area contributed by atoms with Crippen molar-refractivity contribution in [1.82, 2.24) is 5.32 Å². The zero-order valence-corrected chi connectivity index (χ0v) is 14.0. The third-order valence-electron chi connectivity index (χ3n) is 5.38. The van der Waals surface area contributed by atoms with Crippen LogP contribution in [0.4, 0.5) is 5.69 Å². The number of nitrogens with one attached hydrogen (secondary N) is 1. The Balaban J connectivity index is 1.26. The summed E-state index contributed by atoms with van der Waals surface area (Å²) in [4.78, 5) is 14.7. The Morgan fingerprint density at radius 1 is 1.04 bits per heavy atom. The lowest BCUT2D eigenvalue weighted by molar-refractivity contribution is -0.121. The lowest BCUT2D eigenvalue weighted by Crippen LogP contribution is -2.34. The molecule has 1 atom stereocenters. The van der Waals surface area contributed by atoms with Crippen molar-refractivity contribution in [3.05, 3.63) is 65.2 Å². The third kappa shape index (κ3) is 3.03. The van der Waals surface area contributed by atoms with Crippen molar-refractivity contribution in [2.24, 2.45) is 0 Å². The highest BCUT2D eigenvalue weighted by atomic mass is 16.1. The first-order valence-corrected chi connectivity index (χ1v) is 8.98. The Kier molecular flexibility index (Phi) is 4.24. The molecule has 0 bridgehead atoms. The Bertz CT molecular complexity index is 740. The van der Waals surface area contributed by atoms with Crippen LogP contribution in [0.15, 0.2) is 48.5 Å². The summed E-state index contributed by atoms with van der Waals surface area (Å²) in [7, 11) is 0. The maximum Gasteiger partial charge on any atom is 0.220 e. The maximum absolute atomic E-state index is 12.3. The highest BCUT2D eigenvalue weighted by Gasteiger charge is 2.24. The quantitative estimate of drug-likeness (QED) is 0.917. The molecule has 1 aliphatic carbocycles. The van der Waals surface area contributed by atoms with E-state index >= 15 is 0 Å². The van der Waals surface area contributed by atoms with Crippen LogP contribution in [-0.2, 0) is 17.6 Å². The molecule has 1 amide bonds.